The minimum absolute atomic E-state index is 0.192. The molecule has 2 amide bonds. The van der Waals surface area contributed by atoms with Crippen LogP contribution in [0.3, 0.4) is 0 Å². The van der Waals surface area contributed by atoms with Crippen LogP contribution in [-0.2, 0) is 19.1 Å². The van der Waals surface area contributed by atoms with E-state index in [2.05, 4.69) is 9.47 Å². The highest BCUT2D eigenvalue weighted by Crippen LogP contribution is 2.03. The standard InChI is InChI=1S/C9H11NO5/c1-2-14-8(12)4-3-7(11)10-5-6-15-9(10)13/h3-4H,2,5-6H2,1H3/b4-3+. The molecule has 0 spiro atoms. The molecule has 0 bridgehead atoms. The summed E-state index contributed by atoms with van der Waals surface area (Å²) in [5.41, 5.74) is 0. The van der Waals surface area contributed by atoms with Gasteiger partial charge in [-0.05, 0) is 6.92 Å². The van der Waals surface area contributed by atoms with Gasteiger partial charge in [-0.2, -0.15) is 0 Å². The fraction of sp³-hybridized carbons (Fsp3) is 0.444. The number of esters is 1. The average molecular weight is 213 g/mol. The van der Waals surface area contributed by atoms with E-state index in [0.717, 1.165) is 17.1 Å². The van der Waals surface area contributed by atoms with Crippen molar-refractivity contribution in [3.63, 3.8) is 0 Å². The molecule has 15 heavy (non-hydrogen) atoms. The summed E-state index contributed by atoms with van der Waals surface area (Å²) >= 11 is 0. The van der Waals surface area contributed by atoms with Gasteiger partial charge in [-0.1, -0.05) is 0 Å². The van der Waals surface area contributed by atoms with E-state index < -0.39 is 18.0 Å². The minimum Gasteiger partial charge on any atom is -0.463 e. The van der Waals surface area contributed by atoms with Crippen LogP contribution in [0.5, 0.6) is 0 Å². The van der Waals surface area contributed by atoms with Crippen LogP contribution >= 0.6 is 0 Å². The molecule has 0 N–H and O–H groups in total. The second kappa shape index (κ2) is 5.14. The van der Waals surface area contributed by atoms with Crippen LogP contribution in [-0.4, -0.2) is 42.6 Å². The van der Waals surface area contributed by atoms with Crippen molar-refractivity contribution >= 4 is 18.0 Å². The molecule has 1 rings (SSSR count). The second-order valence-electron chi connectivity index (χ2n) is 2.69. The van der Waals surface area contributed by atoms with E-state index in [9.17, 15) is 14.4 Å². The van der Waals surface area contributed by atoms with Crippen molar-refractivity contribution in [2.45, 2.75) is 6.92 Å². The van der Waals surface area contributed by atoms with Gasteiger partial charge in [-0.25, -0.2) is 14.5 Å². The molecule has 1 fully saturated rings. The fourth-order valence-corrected chi connectivity index (χ4v) is 1.01. The van der Waals surface area contributed by atoms with Gasteiger partial charge in [0.2, 0.25) is 0 Å². The Morgan fingerprint density at radius 3 is 2.80 bits per heavy atom. The van der Waals surface area contributed by atoms with Gasteiger partial charge in [0, 0.05) is 12.2 Å². The summed E-state index contributed by atoms with van der Waals surface area (Å²) in [5, 5.41) is 0. The van der Waals surface area contributed by atoms with Gasteiger partial charge in [-0.3, -0.25) is 4.79 Å². The number of carbonyl (C=O) groups is 3. The van der Waals surface area contributed by atoms with Gasteiger partial charge in [0.15, 0.2) is 0 Å². The Bertz CT molecular complexity index is 310. The zero-order valence-electron chi connectivity index (χ0n) is 8.26. The Labute approximate surface area is 86.4 Å². The SMILES string of the molecule is CCOC(=O)/C=C/C(=O)N1CCOC1=O. The summed E-state index contributed by atoms with van der Waals surface area (Å²) in [5.74, 6) is -1.19. The van der Waals surface area contributed by atoms with Gasteiger partial charge >= 0.3 is 12.1 Å². The topological polar surface area (TPSA) is 72.9 Å². The zero-order valence-corrected chi connectivity index (χ0v) is 8.26. The number of ether oxygens (including phenoxy) is 2. The van der Waals surface area contributed by atoms with E-state index in [0.29, 0.717) is 0 Å². The number of rotatable bonds is 3. The molecule has 0 atom stereocenters. The summed E-state index contributed by atoms with van der Waals surface area (Å²) in [4.78, 5) is 34.0. The molecule has 1 heterocycles. The number of amides is 2. The van der Waals surface area contributed by atoms with Crippen molar-refractivity contribution in [1.82, 2.24) is 4.90 Å². The molecule has 0 aromatic rings. The van der Waals surface area contributed by atoms with Crippen LogP contribution in [0.25, 0.3) is 0 Å². The number of nitrogens with zero attached hydrogens (tertiary/aromatic N) is 1. The Morgan fingerprint density at radius 1 is 1.53 bits per heavy atom. The van der Waals surface area contributed by atoms with Gasteiger partial charge < -0.3 is 9.47 Å². The van der Waals surface area contributed by atoms with Crippen LogP contribution < -0.4 is 0 Å². The molecule has 0 aromatic heterocycles. The summed E-state index contributed by atoms with van der Waals surface area (Å²) in [6, 6.07) is 0. The number of hydrogen-bond acceptors (Lipinski definition) is 5. The molecule has 6 nitrogen and oxygen atoms in total. The van der Waals surface area contributed by atoms with Crippen molar-refractivity contribution in [2.24, 2.45) is 0 Å². The Morgan fingerprint density at radius 2 is 2.27 bits per heavy atom. The van der Waals surface area contributed by atoms with Gasteiger partial charge in [0.05, 0.1) is 13.2 Å². The summed E-state index contributed by atoms with van der Waals surface area (Å²) in [6.45, 7) is 2.30. The number of carbonyl (C=O) groups excluding carboxylic acids is 3. The van der Waals surface area contributed by atoms with Gasteiger partial charge in [0.1, 0.15) is 6.61 Å². The van der Waals surface area contributed by atoms with Crippen LogP contribution in [0.4, 0.5) is 4.79 Å². The highest BCUT2D eigenvalue weighted by molar-refractivity contribution is 6.02. The third-order valence-corrected chi connectivity index (χ3v) is 1.68. The average Bonchev–Trinajstić information content (AvgIpc) is 2.61. The van der Waals surface area contributed by atoms with Crippen LogP contribution in [0.15, 0.2) is 12.2 Å². The lowest BCUT2D eigenvalue weighted by molar-refractivity contribution is -0.137. The van der Waals surface area contributed by atoms with Crippen molar-refractivity contribution in [1.29, 1.82) is 0 Å². The molecule has 82 valence electrons. The zero-order chi connectivity index (χ0) is 11.3. The fourth-order valence-electron chi connectivity index (χ4n) is 1.01. The highest BCUT2D eigenvalue weighted by atomic mass is 16.6. The summed E-state index contributed by atoms with van der Waals surface area (Å²) < 4.78 is 9.13. The molecule has 0 radical (unpaired) electrons. The molecule has 6 heteroatoms. The number of hydrogen-bond donors (Lipinski definition) is 0. The van der Waals surface area contributed by atoms with Crippen LogP contribution in [0, 0.1) is 0 Å². The molecular formula is C9H11NO5. The van der Waals surface area contributed by atoms with Crippen LogP contribution in [0.1, 0.15) is 6.92 Å². The summed E-state index contributed by atoms with van der Waals surface area (Å²) in [6.07, 6.45) is 1.29. The van der Waals surface area contributed by atoms with E-state index in [1.165, 1.54) is 0 Å². The van der Waals surface area contributed by atoms with E-state index >= 15 is 0 Å². The predicted octanol–water partition coefficient (Wildman–Crippen LogP) is 0.0845. The lowest BCUT2D eigenvalue weighted by Crippen LogP contribution is -2.30. The normalized spacial score (nSPS) is 15.5. The number of cyclic esters (lactones) is 1. The minimum atomic E-state index is -0.687. The van der Waals surface area contributed by atoms with Gasteiger partial charge in [0.25, 0.3) is 5.91 Å². The lowest BCUT2D eigenvalue weighted by atomic mass is 10.4. The largest absolute Gasteiger partial charge is 0.463 e. The molecular weight excluding hydrogens is 202 g/mol. The van der Waals surface area contributed by atoms with E-state index in [1.807, 2.05) is 0 Å². The molecule has 0 unspecified atom stereocenters. The molecule has 0 aliphatic carbocycles. The first kappa shape index (κ1) is 11.2. The second-order valence-corrected chi connectivity index (χ2v) is 2.69. The third kappa shape index (κ3) is 3.08. The maximum atomic E-state index is 11.3. The predicted molar refractivity (Wildman–Crippen MR) is 48.8 cm³/mol. The first-order valence-electron chi connectivity index (χ1n) is 4.48. The van der Waals surface area contributed by atoms with E-state index in [-0.39, 0.29) is 19.8 Å². The Hall–Kier alpha value is -1.85. The summed E-state index contributed by atoms with van der Waals surface area (Å²) in [7, 11) is 0. The smallest absolute Gasteiger partial charge is 0.416 e. The molecule has 0 saturated carbocycles. The van der Waals surface area contributed by atoms with Gasteiger partial charge in [-0.15, -0.1) is 0 Å². The first-order chi connectivity index (χ1) is 7.15. The maximum Gasteiger partial charge on any atom is 0.416 e. The Balaban J connectivity index is 2.47. The van der Waals surface area contributed by atoms with Crippen molar-refractivity contribution < 1.29 is 23.9 Å². The molecule has 1 aliphatic heterocycles. The molecule has 0 aromatic carbocycles. The Kier molecular flexibility index (Phi) is 3.84. The first-order valence-corrected chi connectivity index (χ1v) is 4.48. The highest BCUT2D eigenvalue weighted by Gasteiger charge is 2.26. The maximum absolute atomic E-state index is 11.3. The molecule has 1 aliphatic rings. The molecule has 1 saturated heterocycles. The van der Waals surface area contributed by atoms with Crippen molar-refractivity contribution in [2.75, 3.05) is 19.8 Å². The quantitative estimate of drug-likeness (QED) is 0.490. The lowest BCUT2D eigenvalue weighted by Gasteiger charge is -2.05. The van der Waals surface area contributed by atoms with E-state index in [4.69, 9.17) is 0 Å². The number of imide groups is 1. The van der Waals surface area contributed by atoms with Crippen molar-refractivity contribution in [3.05, 3.63) is 12.2 Å². The van der Waals surface area contributed by atoms with Crippen LogP contribution in [0.2, 0.25) is 0 Å². The third-order valence-electron chi connectivity index (χ3n) is 1.68. The monoisotopic (exact) mass is 213 g/mol. The van der Waals surface area contributed by atoms with Crippen molar-refractivity contribution in [3.8, 4) is 0 Å². The van der Waals surface area contributed by atoms with E-state index in [1.54, 1.807) is 6.92 Å².